The topological polar surface area (TPSA) is 61.3 Å². The summed E-state index contributed by atoms with van der Waals surface area (Å²) < 4.78 is 5.95. The van der Waals surface area contributed by atoms with E-state index in [-0.39, 0.29) is 18.2 Å². The molecule has 1 fully saturated rings. The summed E-state index contributed by atoms with van der Waals surface area (Å²) in [7, 11) is 0. The van der Waals surface area contributed by atoms with Crippen LogP contribution in [0.4, 0.5) is 0 Å². The summed E-state index contributed by atoms with van der Waals surface area (Å²) in [5.74, 6) is 0. The van der Waals surface area contributed by atoms with Crippen molar-refractivity contribution in [3.8, 4) is 0 Å². The molecule has 0 aromatic carbocycles. The average Bonchev–Trinajstić information content (AvgIpc) is 2.53. The van der Waals surface area contributed by atoms with Crippen molar-refractivity contribution in [2.75, 3.05) is 6.61 Å². The normalized spacial score (nSPS) is 24.9. The monoisotopic (exact) mass is 326 g/mol. The summed E-state index contributed by atoms with van der Waals surface area (Å²) in [6.07, 6.45) is 19.9. The third kappa shape index (κ3) is 11.1. The molecule has 1 aliphatic carbocycles. The Morgan fingerprint density at radius 2 is 1.26 bits per heavy atom. The van der Waals surface area contributed by atoms with Crippen molar-refractivity contribution in [3.05, 3.63) is 0 Å². The fraction of sp³-hybridized carbons (Fsp3) is 1.00. The first-order chi connectivity index (χ1) is 11.2. The maximum atomic E-state index is 6.11. The first kappa shape index (κ1) is 20.9. The lowest BCUT2D eigenvalue weighted by Crippen LogP contribution is -2.46. The van der Waals surface area contributed by atoms with Crippen LogP contribution in [-0.4, -0.2) is 24.8 Å². The van der Waals surface area contributed by atoms with E-state index >= 15 is 0 Å². The van der Waals surface area contributed by atoms with Gasteiger partial charge in [0.25, 0.3) is 0 Å². The van der Waals surface area contributed by atoms with Crippen molar-refractivity contribution < 1.29 is 4.74 Å². The number of ether oxygens (including phenoxy) is 1. The highest BCUT2D eigenvalue weighted by Crippen LogP contribution is 2.19. The molecule has 0 amide bonds. The Labute approximate surface area is 144 Å². The van der Waals surface area contributed by atoms with Crippen molar-refractivity contribution >= 4 is 0 Å². The molecule has 0 aliphatic heterocycles. The Kier molecular flexibility index (Phi) is 13.0. The molecular formula is C20H42N2O. The number of hydrogen-bond acceptors (Lipinski definition) is 3. The van der Waals surface area contributed by atoms with E-state index in [2.05, 4.69) is 6.92 Å². The minimum Gasteiger partial charge on any atom is -0.377 e. The van der Waals surface area contributed by atoms with Gasteiger partial charge in [-0.3, -0.25) is 0 Å². The summed E-state index contributed by atoms with van der Waals surface area (Å²) in [6, 6.07) is 0.438. The molecule has 0 spiro atoms. The lowest BCUT2D eigenvalue weighted by atomic mass is 9.89. The number of hydrogen-bond donors (Lipinski definition) is 2. The molecule has 3 atom stereocenters. The molecule has 0 radical (unpaired) electrons. The standard InChI is InChI=1S/C20H42N2O/c1-2-3-4-5-6-7-8-9-10-11-12-13-16-23-20-15-14-18(21)17-19(20)22/h18-20H,2-17,21-22H2,1H3. The van der Waals surface area contributed by atoms with Crippen LogP contribution < -0.4 is 11.5 Å². The molecule has 3 heteroatoms. The zero-order chi connectivity index (χ0) is 16.8. The van der Waals surface area contributed by atoms with Crippen LogP contribution in [-0.2, 0) is 4.74 Å². The Balaban J connectivity index is 1.78. The van der Waals surface area contributed by atoms with Gasteiger partial charge in [-0.05, 0) is 25.7 Å². The zero-order valence-corrected chi connectivity index (χ0v) is 15.6. The minimum atomic E-state index is 0.149. The summed E-state index contributed by atoms with van der Waals surface area (Å²) >= 11 is 0. The Bertz CT molecular complexity index is 260. The first-order valence-electron chi connectivity index (χ1n) is 10.4. The second-order valence-corrected chi connectivity index (χ2v) is 7.54. The second-order valence-electron chi connectivity index (χ2n) is 7.54. The molecule has 1 saturated carbocycles. The molecule has 3 unspecified atom stereocenters. The van der Waals surface area contributed by atoms with Gasteiger partial charge in [-0.25, -0.2) is 0 Å². The molecule has 0 aromatic heterocycles. The van der Waals surface area contributed by atoms with Gasteiger partial charge in [0.05, 0.1) is 6.10 Å². The molecule has 138 valence electrons. The van der Waals surface area contributed by atoms with E-state index in [1.165, 1.54) is 77.0 Å². The molecule has 0 heterocycles. The van der Waals surface area contributed by atoms with Crippen molar-refractivity contribution in [3.63, 3.8) is 0 Å². The first-order valence-corrected chi connectivity index (χ1v) is 10.4. The molecule has 4 N–H and O–H groups in total. The van der Waals surface area contributed by atoms with Crippen molar-refractivity contribution in [2.24, 2.45) is 11.5 Å². The van der Waals surface area contributed by atoms with Crippen molar-refractivity contribution in [1.29, 1.82) is 0 Å². The van der Waals surface area contributed by atoms with Gasteiger partial charge in [0.2, 0.25) is 0 Å². The summed E-state index contributed by atoms with van der Waals surface area (Å²) in [5, 5.41) is 0. The highest BCUT2D eigenvalue weighted by molar-refractivity contribution is 4.85. The highest BCUT2D eigenvalue weighted by Gasteiger charge is 2.26. The van der Waals surface area contributed by atoms with Gasteiger partial charge in [-0.15, -0.1) is 0 Å². The van der Waals surface area contributed by atoms with Crippen LogP contribution in [0.3, 0.4) is 0 Å². The van der Waals surface area contributed by atoms with E-state index in [1.54, 1.807) is 0 Å². The number of unbranched alkanes of at least 4 members (excludes halogenated alkanes) is 11. The van der Waals surface area contributed by atoms with Crippen LogP contribution >= 0.6 is 0 Å². The number of nitrogens with two attached hydrogens (primary N) is 2. The van der Waals surface area contributed by atoms with Gasteiger partial charge < -0.3 is 16.2 Å². The fourth-order valence-corrected chi connectivity index (χ4v) is 3.60. The summed E-state index contributed by atoms with van der Waals surface area (Å²) in [5.41, 5.74) is 12.0. The minimum absolute atomic E-state index is 0.149. The molecule has 1 aliphatic rings. The Hall–Kier alpha value is -0.120. The smallest absolute Gasteiger partial charge is 0.0727 e. The van der Waals surface area contributed by atoms with Crippen LogP contribution in [0.1, 0.15) is 103 Å². The van der Waals surface area contributed by atoms with Gasteiger partial charge in [0.15, 0.2) is 0 Å². The predicted octanol–water partition coefficient (Wildman–Crippen LogP) is 4.91. The van der Waals surface area contributed by atoms with Gasteiger partial charge in [-0.2, -0.15) is 0 Å². The van der Waals surface area contributed by atoms with Crippen molar-refractivity contribution in [1.82, 2.24) is 0 Å². The van der Waals surface area contributed by atoms with Gasteiger partial charge in [0, 0.05) is 18.7 Å². The maximum Gasteiger partial charge on any atom is 0.0727 e. The van der Waals surface area contributed by atoms with Crippen molar-refractivity contribution in [2.45, 2.75) is 121 Å². The third-order valence-electron chi connectivity index (χ3n) is 5.20. The predicted molar refractivity (Wildman–Crippen MR) is 101 cm³/mol. The van der Waals surface area contributed by atoms with Crippen LogP contribution in [0.25, 0.3) is 0 Å². The molecular weight excluding hydrogens is 284 g/mol. The second kappa shape index (κ2) is 14.2. The average molecular weight is 327 g/mol. The SMILES string of the molecule is CCCCCCCCCCCCCCOC1CCC(N)CC1N. The third-order valence-corrected chi connectivity index (χ3v) is 5.20. The molecule has 1 rings (SSSR count). The summed E-state index contributed by atoms with van der Waals surface area (Å²) in [4.78, 5) is 0. The molecule has 0 bridgehead atoms. The van der Waals surface area contributed by atoms with Crippen LogP contribution in [0.2, 0.25) is 0 Å². The quantitative estimate of drug-likeness (QED) is 0.446. The molecule has 0 aromatic rings. The lowest BCUT2D eigenvalue weighted by molar-refractivity contribution is 0.00978. The van der Waals surface area contributed by atoms with Gasteiger partial charge >= 0.3 is 0 Å². The largest absolute Gasteiger partial charge is 0.377 e. The fourth-order valence-electron chi connectivity index (χ4n) is 3.60. The molecule has 0 saturated heterocycles. The van der Waals surface area contributed by atoms with E-state index in [0.29, 0.717) is 0 Å². The zero-order valence-electron chi connectivity index (χ0n) is 15.6. The maximum absolute atomic E-state index is 6.11. The van der Waals surface area contributed by atoms with Gasteiger partial charge in [-0.1, -0.05) is 77.6 Å². The molecule has 3 nitrogen and oxygen atoms in total. The van der Waals surface area contributed by atoms with Crippen LogP contribution in [0.15, 0.2) is 0 Å². The van der Waals surface area contributed by atoms with E-state index in [9.17, 15) is 0 Å². The van der Waals surface area contributed by atoms with Crippen LogP contribution in [0, 0.1) is 0 Å². The summed E-state index contributed by atoms with van der Waals surface area (Å²) in [6.45, 7) is 3.16. The molecule has 23 heavy (non-hydrogen) atoms. The highest BCUT2D eigenvalue weighted by atomic mass is 16.5. The van der Waals surface area contributed by atoms with Gasteiger partial charge in [0.1, 0.15) is 0 Å². The Morgan fingerprint density at radius 1 is 0.739 bits per heavy atom. The number of rotatable bonds is 14. The van der Waals surface area contributed by atoms with E-state index in [4.69, 9.17) is 16.2 Å². The lowest BCUT2D eigenvalue weighted by Gasteiger charge is -2.32. The van der Waals surface area contributed by atoms with Crippen LogP contribution in [0.5, 0.6) is 0 Å². The van der Waals surface area contributed by atoms with E-state index < -0.39 is 0 Å². The Morgan fingerprint density at radius 3 is 1.78 bits per heavy atom. The van der Waals surface area contributed by atoms with E-state index in [0.717, 1.165) is 25.9 Å². The van der Waals surface area contributed by atoms with E-state index in [1.807, 2.05) is 0 Å².